The van der Waals surface area contributed by atoms with E-state index >= 15 is 0 Å². The molecule has 11 heavy (non-hydrogen) atoms. The zero-order chi connectivity index (χ0) is 8.74. The van der Waals surface area contributed by atoms with Crippen molar-refractivity contribution in [3.63, 3.8) is 0 Å². The molecule has 0 aromatic carbocycles. The Morgan fingerprint density at radius 3 is 1.82 bits per heavy atom. The highest BCUT2D eigenvalue weighted by Crippen LogP contribution is 2.20. The van der Waals surface area contributed by atoms with E-state index in [-0.39, 0.29) is 0 Å². The van der Waals surface area contributed by atoms with Gasteiger partial charge in [0.25, 0.3) is 8.32 Å². The molecule has 0 amide bonds. The Labute approximate surface area is 71.3 Å². The molecule has 0 unspecified atom stereocenters. The van der Waals surface area contributed by atoms with Crippen molar-refractivity contribution < 1.29 is 4.43 Å². The van der Waals surface area contributed by atoms with E-state index in [4.69, 9.17) is 4.43 Å². The summed E-state index contributed by atoms with van der Waals surface area (Å²) in [5.41, 5.74) is 0. The molecule has 0 radical (unpaired) electrons. The summed E-state index contributed by atoms with van der Waals surface area (Å²) in [6, 6.07) is 3.53. The summed E-state index contributed by atoms with van der Waals surface area (Å²) in [5, 5.41) is 0. The zero-order valence-electron chi connectivity index (χ0n) is 8.03. The first-order chi connectivity index (χ1) is 5.24. The van der Waals surface area contributed by atoms with Crippen molar-refractivity contribution in [3.05, 3.63) is 0 Å². The molecule has 0 aliphatic carbocycles. The van der Waals surface area contributed by atoms with E-state index in [1.54, 1.807) is 0 Å². The fourth-order valence-corrected chi connectivity index (χ4v) is 3.38. The Hall–Kier alpha value is -0.423. The maximum absolute atomic E-state index is 5.60. The first-order valence-corrected chi connectivity index (χ1v) is 6.87. The summed E-state index contributed by atoms with van der Waals surface area (Å²) in [5.74, 6) is 2.79. The highest BCUT2D eigenvalue weighted by Gasteiger charge is 2.29. The molecule has 0 rings (SSSR count). The molecule has 0 fully saturated rings. The van der Waals surface area contributed by atoms with Crippen LogP contribution in [0.3, 0.4) is 0 Å². The minimum Gasteiger partial charge on any atom is -0.500 e. The van der Waals surface area contributed by atoms with E-state index in [0.29, 0.717) is 0 Å². The number of hydrogen-bond acceptors (Lipinski definition) is 1. The highest BCUT2D eigenvalue weighted by molar-refractivity contribution is 6.73. The third kappa shape index (κ3) is 2.98. The average molecular weight is 170 g/mol. The molecule has 0 aliphatic heterocycles. The first kappa shape index (κ1) is 10.6. The van der Waals surface area contributed by atoms with E-state index in [9.17, 15) is 0 Å². The maximum atomic E-state index is 5.60. The molecule has 0 aromatic rings. The minimum absolute atomic E-state index is 1.18. The minimum atomic E-state index is -1.41. The van der Waals surface area contributed by atoms with E-state index in [1.807, 2.05) is 6.92 Å². The molecule has 0 bridgehead atoms. The van der Waals surface area contributed by atoms with Gasteiger partial charge in [-0.05, 0) is 18.1 Å². The lowest BCUT2D eigenvalue weighted by atomic mass is 10.8. The van der Waals surface area contributed by atoms with E-state index < -0.39 is 8.32 Å². The van der Waals surface area contributed by atoms with Crippen LogP contribution < -0.4 is 0 Å². The fourth-order valence-electron chi connectivity index (χ4n) is 1.13. The quantitative estimate of drug-likeness (QED) is 0.465. The van der Waals surface area contributed by atoms with Gasteiger partial charge in [-0.1, -0.05) is 26.7 Å². The lowest BCUT2D eigenvalue weighted by Crippen LogP contribution is -2.33. The Morgan fingerprint density at radius 1 is 1.09 bits per heavy atom. The summed E-state index contributed by atoms with van der Waals surface area (Å²) < 4.78 is 5.60. The van der Waals surface area contributed by atoms with E-state index in [0.717, 1.165) is 0 Å². The van der Waals surface area contributed by atoms with Crippen molar-refractivity contribution in [2.45, 2.75) is 45.8 Å². The Morgan fingerprint density at radius 2 is 1.55 bits per heavy atom. The third-order valence-corrected chi connectivity index (χ3v) is 6.70. The van der Waals surface area contributed by atoms with E-state index in [1.165, 1.54) is 18.1 Å². The van der Waals surface area contributed by atoms with Crippen molar-refractivity contribution in [2.24, 2.45) is 0 Å². The summed E-state index contributed by atoms with van der Waals surface area (Å²) in [6.45, 7) is 8.43. The predicted molar refractivity (Wildman–Crippen MR) is 51.7 cm³/mol. The zero-order valence-corrected chi connectivity index (χ0v) is 9.03. The van der Waals surface area contributed by atoms with Crippen LogP contribution in [-0.2, 0) is 4.43 Å². The molecule has 0 atom stereocenters. The van der Waals surface area contributed by atoms with Crippen LogP contribution in [0.1, 0.15) is 27.7 Å². The summed E-state index contributed by atoms with van der Waals surface area (Å²) in [4.78, 5) is 0. The van der Waals surface area contributed by atoms with Crippen molar-refractivity contribution in [1.29, 1.82) is 0 Å². The molecule has 0 spiro atoms. The monoisotopic (exact) mass is 170 g/mol. The third-order valence-electron chi connectivity index (χ3n) is 2.30. The van der Waals surface area contributed by atoms with Crippen molar-refractivity contribution in [2.75, 3.05) is 0 Å². The molecule has 0 heterocycles. The van der Waals surface area contributed by atoms with Crippen LogP contribution in [0.2, 0.25) is 18.1 Å². The van der Waals surface area contributed by atoms with Gasteiger partial charge in [-0.25, -0.2) is 0 Å². The van der Waals surface area contributed by atoms with Crippen LogP contribution in [0, 0.1) is 12.0 Å². The van der Waals surface area contributed by atoms with Gasteiger partial charge in [0.15, 0.2) is 0 Å². The van der Waals surface area contributed by atoms with Crippen LogP contribution in [0.15, 0.2) is 0 Å². The topological polar surface area (TPSA) is 9.23 Å². The first-order valence-electron chi connectivity index (χ1n) is 4.34. The van der Waals surface area contributed by atoms with Gasteiger partial charge in [0, 0.05) is 6.92 Å². The smallest absolute Gasteiger partial charge is 0.264 e. The van der Waals surface area contributed by atoms with Gasteiger partial charge < -0.3 is 4.43 Å². The van der Waals surface area contributed by atoms with Crippen LogP contribution in [0.4, 0.5) is 0 Å². The predicted octanol–water partition coefficient (Wildman–Crippen LogP) is 2.99. The fraction of sp³-hybridized carbons (Fsp3) is 0.778. The average Bonchev–Trinajstić information content (AvgIpc) is 2.08. The van der Waals surface area contributed by atoms with Crippen LogP contribution >= 0.6 is 0 Å². The molecule has 0 saturated carbocycles. The van der Waals surface area contributed by atoms with Gasteiger partial charge >= 0.3 is 0 Å². The van der Waals surface area contributed by atoms with Gasteiger partial charge in [-0.3, -0.25) is 0 Å². The molecule has 0 N–H and O–H groups in total. The second-order valence-corrected chi connectivity index (χ2v) is 7.39. The second-order valence-electron chi connectivity index (χ2n) is 2.70. The van der Waals surface area contributed by atoms with Gasteiger partial charge in [0.05, 0.1) is 6.11 Å². The van der Waals surface area contributed by atoms with Gasteiger partial charge in [0.1, 0.15) is 0 Å². The number of rotatable bonds is 4. The van der Waals surface area contributed by atoms with E-state index in [2.05, 4.69) is 32.8 Å². The van der Waals surface area contributed by atoms with Gasteiger partial charge in [0.2, 0.25) is 0 Å². The molecular formula is C9H18OSi. The highest BCUT2D eigenvalue weighted by atomic mass is 28.4. The van der Waals surface area contributed by atoms with Crippen LogP contribution in [0.5, 0.6) is 0 Å². The normalized spacial score (nSPS) is 10.2. The standard InChI is InChI=1S/C9H18OSi/c1-5-9-10-11(6-2,7-3)8-4/h6-8H2,1-4H3. The molecule has 0 aliphatic rings. The molecule has 1 nitrogen and oxygen atoms in total. The van der Waals surface area contributed by atoms with Crippen molar-refractivity contribution >= 4 is 8.32 Å². The molecule has 64 valence electrons. The van der Waals surface area contributed by atoms with Crippen LogP contribution in [-0.4, -0.2) is 8.32 Å². The Balaban J connectivity index is 4.12. The van der Waals surface area contributed by atoms with Gasteiger partial charge in [-0.15, -0.1) is 0 Å². The largest absolute Gasteiger partial charge is 0.500 e. The molecule has 0 aromatic heterocycles. The summed E-state index contributed by atoms with van der Waals surface area (Å²) >= 11 is 0. The molecule has 2 heteroatoms. The van der Waals surface area contributed by atoms with Crippen molar-refractivity contribution in [3.8, 4) is 12.0 Å². The maximum Gasteiger partial charge on any atom is 0.264 e. The molecule has 0 saturated heterocycles. The Bertz CT molecular complexity index is 142. The second kappa shape index (κ2) is 5.26. The SMILES string of the molecule is CC#CO[Si](CC)(CC)CC. The van der Waals surface area contributed by atoms with Crippen molar-refractivity contribution in [1.82, 2.24) is 0 Å². The van der Waals surface area contributed by atoms with Gasteiger partial charge in [-0.2, -0.15) is 0 Å². The lowest BCUT2D eigenvalue weighted by Gasteiger charge is -2.24. The molecular weight excluding hydrogens is 152 g/mol. The van der Waals surface area contributed by atoms with Crippen LogP contribution in [0.25, 0.3) is 0 Å². The Kier molecular flexibility index (Phi) is 5.05. The summed E-state index contributed by atoms with van der Waals surface area (Å²) in [7, 11) is -1.41. The number of hydrogen-bond donors (Lipinski definition) is 0. The lowest BCUT2D eigenvalue weighted by molar-refractivity contribution is 0.495. The summed E-state index contributed by atoms with van der Waals surface area (Å²) in [6.07, 6.45) is 2.75.